The van der Waals surface area contributed by atoms with Crippen LogP contribution in [0.4, 0.5) is 4.39 Å². The van der Waals surface area contributed by atoms with Crippen molar-refractivity contribution in [1.29, 1.82) is 0 Å². The summed E-state index contributed by atoms with van der Waals surface area (Å²) in [5.41, 5.74) is 0.956. The van der Waals surface area contributed by atoms with E-state index in [-0.39, 0.29) is 16.9 Å². The van der Waals surface area contributed by atoms with Gasteiger partial charge in [0.05, 0.1) is 5.02 Å². The van der Waals surface area contributed by atoms with Crippen LogP contribution in [-0.4, -0.2) is 6.54 Å². The van der Waals surface area contributed by atoms with Gasteiger partial charge >= 0.3 is 0 Å². The molecule has 0 aliphatic carbocycles. The van der Waals surface area contributed by atoms with Crippen molar-refractivity contribution in [2.24, 2.45) is 0 Å². The van der Waals surface area contributed by atoms with Crippen LogP contribution in [0.15, 0.2) is 30.9 Å². The fraction of sp³-hybridized carbons (Fsp3) is 0.429. The van der Waals surface area contributed by atoms with Gasteiger partial charge in [-0.05, 0) is 43.5 Å². The zero-order valence-corrected chi connectivity index (χ0v) is 10.9. The topological polar surface area (TPSA) is 12.0 Å². The Balaban J connectivity index is 2.73. The summed E-state index contributed by atoms with van der Waals surface area (Å²) in [4.78, 5) is 0. The second kappa shape index (κ2) is 7.46. The number of benzene rings is 1. The molecule has 1 atom stereocenters. The largest absolute Gasteiger partial charge is 0.310 e. The van der Waals surface area contributed by atoms with Crippen LogP contribution in [0.3, 0.4) is 0 Å². The number of nitrogens with one attached hydrogen (secondary N) is 1. The third-order valence-corrected chi connectivity index (χ3v) is 3.00. The Bertz CT molecular complexity index is 365. The normalized spacial score (nSPS) is 12.4. The molecule has 0 radical (unpaired) electrons. The van der Waals surface area contributed by atoms with E-state index < -0.39 is 0 Å². The lowest BCUT2D eigenvalue weighted by atomic mass is 10.0. The summed E-state index contributed by atoms with van der Waals surface area (Å²) in [6, 6.07) is 5.20. The fourth-order valence-electron chi connectivity index (χ4n) is 1.83. The van der Waals surface area contributed by atoms with Gasteiger partial charge in [0.1, 0.15) is 5.82 Å². The van der Waals surface area contributed by atoms with Gasteiger partial charge in [-0.25, -0.2) is 4.39 Å². The van der Waals surface area contributed by atoms with E-state index in [0.29, 0.717) is 0 Å². The quantitative estimate of drug-likeness (QED) is 0.559. The molecule has 94 valence electrons. The molecule has 0 aromatic heterocycles. The number of halogens is 2. The first kappa shape index (κ1) is 14.2. The van der Waals surface area contributed by atoms with Crippen molar-refractivity contribution in [3.05, 3.63) is 47.3 Å². The summed E-state index contributed by atoms with van der Waals surface area (Å²) in [5.74, 6) is -0.351. The first-order valence-corrected chi connectivity index (χ1v) is 6.36. The van der Waals surface area contributed by atoms with Crippen molar-refractivity contribution in [2.45, 2.75) is 32.2 Å². The van der Waals surface area contributed by atoms with Gasteiger partial charge in [0.25, 0.3) is 0 Å². The zero-order chi connectivity index (χ0) is 12.7. The van der Waals surface area contributed by atoms with E-state index in [9.17, 15) is 4.39 Å². The van der Waals surface area contributed by atoms with Crippen LogP contribution in [0.2, 0.25) is 5.02 Å². The predicted molar refractivity (Wildman–Crippen MR) is 71.9 cm³/mol. The molecule has 1 aromatic carbocycles. The highest BCUT2D eigenvalue weighted by Gasteiger charge is 2.11. The molecule has 1 unspecified atom stereocenters. The third kappa shape index (κ3) is 4.49. The first-order chi connectivity index (χ1) is 8.19. The van der Waals surface area contributed by atoms with Crippen LogP contribution in [0.25, 0.3) is 0 Å². The monoisotopic (exact) mass is 255 g/mol. The van der Waals surface area contributed by atoms with Gasteiger partial charge in [0, 0.05) is 6.04 Å². The summed E-state index contributed by atoms with van der Waals surface area (Å²) in [5, 5.41) is 3.54. The van der Waals surface area contributed by atoms with Crippen LogP contribution in [0, 0.1) is 5.82 Å². The van der Waals surface area contributed by atoms with Crippen molar-refractivity contribution in [2.75, 3.05) is 6.54 Å². The number of hydrogen-bond donors (Lipinski definition) is 1. The molecule has 0 saturated heterocycles. The van der Waals surface area contributed by atoms with E-state index in [1.54, 1.807) is 6.07 Å². The molecular formula is C14H19ClFN. The smallest absolute Gasteiger partial charge is 0.142 e. The highest BCUT2D eigenvalue weighted by molar-refractivity contribution is 6.30. The first-order valence-electron chi connectivity index (χ1n) is 5.98. The Kier molecular flexibility index (Phi) is 6.23. The van der Waals surface area contributed by atoms with Crippen molar-refractivity contribution >= 4 is 11.6 Å². The van der Waals surface area contributed by atoms with Crippen LogP contribution in [0.1, 0.15) is 37.8 Å². The van der Waals surface area contributed by atoms with Crippen molar-refractivity contribution in [3.63, 3.8) is 0 Å². The van der Waals surface area contributed by atoms with Gasteiger partial charge in [0.15, 0.2) is 0 Å². The van der Waals surface area contributed by atoms with Crippen LogP contribution >= 0.6 is 11.6 Å². The maximum atomic E-state index is 13.4. The summed E-state index contributed by atoms with van der Waals surface area (Å²) in [6.07, 6.45) is 4.91. The van der Waals surface area contributed by atoms with E-state index in [1.165, 1.54) is 6.07 Å². The number of unbranched alkanes of at least 4 members (excludes halogenated alkanes) is 1. The van der Waals surface area contributed by atoms with E-state index in [0.717, 1.165) is 31.4 Å². The molecule has 0 aliphatic heterocycles. The molecule has 3 heteroatoms. The maximum Gasteiger partial charge on any atom is 0.142 e. The molecule has 0 spiro atoms. The van der Waals surface area contributed by atoms with Gasteiger partial charge < -0.3 is 5.32 Å². The zero-order valence-electron chi connectivity index (χ0n) is 10.2. The lowest BCUT2D eigenvalue weighted by Gasteiger charge is -2.18. The van der Waals surface area contributed by atoms with E-state index >= 15 is 0 Å². The van der Waals surface area contributed by atoms with Gasteiger partial charge in [-0.1, -0.05) is 30.7 Å². The molecule has 1 rings (SSSR count). The van der Waals surface area contributed by atoms with Crippen LogP contribution in [-0.2, 0) is 0 Å². The molecule has 0 aliphatic rings. The van der Waals surface area contributed by atoms with Gasteiger partial charge in [-0.2, -0.15) is 0 Å². The van der Waals surface area contributed by atoms with E-state index in [2.05, 4.69) is 11.9 Å². The number of rotatable bonds is 7. The summed E-state index contributed by atoms with van der Waals surface area (Å²) >= 11 is 5.68. The lowest BCUT2D eigenvalue weighted by Crippen LogP contribution is -2.20. The van der Waals surface area contributed by atoms with Crippen molar-refractivity contribution in [1.82, 2.24) is 5.32 Å². The molecule has 0 bridgehead atoms. The van der Waals surface area contributed by atoms with Gasteiger partial charge in [0.2, 0.25) is 0 Å². The van der Waals surface area contributed by atoms with Gasteiger partial charge in [-0.15, -0.1) is 6.58 Å². The number of allylic oxidation sites excluding steroid dienone is 1. The SMILES string of the molecule is C=CCCCC(NCC)c1ccc(Cl)c(F)c1. The molecule has 0 fully saturated rings. The molecule has 0 saturated carbocycles. The third-order valence-electron chi connectivity index (χ3n) is 2.70. The standard InChI is InChI=1S/C14H19ClFN/c1-3-5-6-7-14(17-4-2)11-8-9-12(15)13(16)10-11/h3,8-10,14,17H,1,4-7H2,2H3. The molecular weight excluding hydrogens is 237 g/mol. The predicted octanol–water partition coefficient (Wildman–Crippen LogP) is 4.49. The van der Waals surface area contributed by atoms with Crippen LogP contribution < -0.4 is 5.32 Å². The minimum Gasteiger partial charge on any atom is -0.310 e. The summed E-state index contributed by atoms with van der Waals surface area (Å²) < 4.78 is 13.4. The number of hydrogen-bond acceptors (Lipinski definition) is 1. The molecule has 1 aromatic rings. The van der Waals surface area contributed by atoms with E-state index in [4.69, 9.17) is 11.6 Å². The lowest BCUT2D eigenvalue weighted by molar-refractivity contribution is 0.496. The fourth-order valence-corrected chi connectivity index (χ4v) is 1.95. The molecule has 1 N–H and O–H groups in total. The van der Waals surface area contributed by atoms with Crippen molar-refractivity contribution < 1.29 is 4.39 Å². The summed E-state index contributed by atoms with van der Waals surface area (Å²) in [6.45, 7) is 6.62. The van der Waals surface area contributed by atoms with E-state index in [1.807, 2.05) is 19.1 Å². The minimum absolute atomic E-state index is 0.176. The highest BCUT2D eigenvalue weighted by Crippen LogP contribution is 2.23. The molecule has 0 amide bonds. The van der Waals surface area contributed by atoms with Gasteiger partial charge in [-0.3, -0.25) is 0 Å². The Morgan fingerprint density at radius 3 is 2.88 bits per heavy atom. The Hall–Kier alpha value is -0.860. The molecule has 0 heterocycles. The molecule has 17 heavy (non-hydrogen) atoms. The molecule has 1 nitrogen and oxygen atoms in total. The average molecular weight is 256 g/mol. The second-order valence-electron chi connectivity index (χ2n) is 4.00. The Morgan fingerprint density at radius 2 is 2.29 bits per heavy atom. The Morgan fingerprint density at radius 1 is 1.53 bits per heavy atom. The Labute approximate surface area is 108 Å². The summed E-state index contributed by atoms with van der Waals surface area (Å²) in [7, 11) is 0. The maximum absolute atomic E-state index is 13.4. The average Bonchev–Trinajstić information content (AvgIpc) is 2.32. The van der Waals surface area contributed by atoms with Crippen LogP contribution in [0.5, 0.6) is 0 Å². The van der Waals surface area contributed by atoms with Crippen molar-refractivity contribution in [3.8, 4) is 0 Å². The minimum atomic E-state index is -0.351. The highest BCUT2D eigenvalue weighted by atomic mass is 35.5. The second-order valence-corrected chi connectivity index (χ2v) is 4.41.